The van der Waals surface area contributed by atoms with Crippen molar-refractivity contribution in [3.63, 3.8) is 0 Å². The van der Waals surface area contributed by atoms with Crippen LogP contribution in [0.2, 0.25) is 0 Å². The van der Waals surface area contributed by atoms with Crippen molar-refractivity contribution in [1.82, 2.24) is 5.43 Å². The molecule has 1 atom stereocenters. The molecule has 3 N–H and O–H groups in total. The van der Waals surface area contributed by atoms with Gasteiger partial charge in [-0.15, -0.1) is 11.8 Å². The Kier molecular flexibility index (Phi) is 6.00. The normalized spacial score (nSPS) is 11.2. The molecule has 104 valence electrons. The van der Waals surface area contributed by atoms with Crippen molar-refractivity contribution < 1.29 is 14.2 Å². The SMILES string of the molecule is CC#CCC(NN)c1ccc(OC)c(OC)c1OC. The van der Waals surface area contributed by atoms with Crippen LogP contribution in [0, 0.1) is 11.8 Å². The maximum absolute atomic E-state index is 5.59. The van der Waals surface area contributed by atoms with Crippen LogP contribution in [-0.2, 0) is 0 Å². The van der Waals surface area contributed by atoms with E-state index in [1.54, 1.807) is 28.3 Å². The Hall–Kier alpha value is -1.90. The molecular formula is C14H20N2O3. The van der Waals surface area contributed by atoms with Gasteiger partial charge in [0.1, 0.15) is 0 Å². The van der Waals surface area contributed by atoms with Crippen LogP contribution in [-0.4, -0.2) is 21.3 Å². The molecule has 0 spiro atoms. The second-order valence-electron chi connectivity index (χ2n) is 3.77. The fraction of sp³-hybridized carbons (Fsp3) is 0.429. The predicted octanol–water partition coefficient (Wildman–Crippen LogP) is 1.63. The quantitative estimate of drug-likeness (QED) is 0.464. The van der Waals surface area contributed by atoms with E-state index in [0.29, 0.717) is 23.7 Å². The topological polar surface area (TPSA) is 65.7 Å². The molecule has 1 aromatic carbocycles. The average molecular weight is 264 g/mol. The van der Waals surface area contributed by atoms with Gasteiger partial charge in [-0.2, -0.15) is 0 Å². The van der Waals surface area contributed by atoms with E-state index in [1.807, 2.05) is 12.1 Å². The predicted molar refractivity (Wildman–Crippen MR) is 74.2 cm³/mol. The molecule has 0 amide bonds. The van der Waals surface area contributed by atoms with E-state index in [0.717, 1.165) is 5.56 Å². The number of hydrogen-bond donors (Lipinski definition) is 2. The summed E-state index contributed by atoms with van der Waals surface area (Å²) in [4.78, 5) is 0. The highest BCUT2D eigenvalue weighted by Gasteiger charge is 2.20. The zero-order chi connectivity index (χ0) is 14.3. The molecule has 5 heteroatoms. The van der Waals surface area contributed by atoms with Crippen LogP contribution in [0.25, 0.3) is 0 Å². The van der Waals surface area contributed by atoms with Crippen molar-refractivity contribution >= 4 is 0 Å². The number of ether oxygens (including phenoxy) is 3. The molecule has 0 radical (unpaired) electrons. The summed E-state index contributed by atoms with van der Waals surface area (Å²) in [5.41, 5.74) is 3.62. The van der Waals surface area contributed by atoms with Crippen molar-refractivity contribution in [2.45, 2.75) is 19.4 Å². The van der Waals surface area contributed by atoms with Crippen molar-refractivity contribution in [1.29, 1.82) is 0 Å². The monoisotopic (exact) mass is 264 g/mol. The lowest BCUT2D eigenvalue weighted by Gasteiger charge is -2.20. The Morgan fingerprint density at radius 1 is 1.16 bits per heavy atom. The highest BCUT2D eigenvalue weighted by molar-refractivity contribution is 5.56. The molecule has 0 aliphatic rings. The molecule has 1 aromatic rings. The van der Waals surface area contributed by atoms with E-state index in [1.165, 1.54) is 0 Å². The first kappa shape index (κ1) is 15.2. The van der Waals surface area contributed by atoms with E-state index in [2.05, 4.69) is 17.3 Å². The Balaban J connectivity index is 3.28. The van der Waals surface area contributed by atoms with Gasteiger partial charge >= 0.3 is 0 Å². The van der Waals surface area contributed by atoms with Crippen LogP contribution in [0.15, 0.2) is 12.1 Å². The molecule has 0 saturated carbocycles. The third-order valence-corrected chi connectivity index (χ3v) is 2.79. The molecule has 0 bridgehead atoms. The molecule has 5 nitrogen and oxygen atoms in total. The van der Waals surface area contributed by atoms with E-state index in [9.17, 15) is 0 Å². The van der Waals surface area contributed by atoms with Gasteiger partial charge in [-0.1, -0.05) is 0 Å². The molecule has 0 saturated heterocycles. The van der Waals surface area contributed by atoms with E-state index < -0.39 is 0 Å². The molecule has 0 aromatic heterocycles. The van der Waals surface area contributed by atoms with E-state index in [-0.39, 0.29) is 6.04 Å². The fourth-order valence-electron chi connectivity index (χ4n) is 1.86. The fourth-order valence-corrected chi connectivity index (χ4v) is 1.86. The first-order chi connectivity index (χ1) is 9.23. The Morgan fingerprint density at radius 3 is 2.32 bits per heavy atom. The van der Waals surface area contributed by atoms with Crippen molar-refractivity contribution in [2.75, 3.05) is 21.3 Å². The van der Waals surface area contributed by atoms with Crippen molar-refractivity contribution in [2.24, 2.45) is 5.84 Å². The third-order valence-electron chi connectivity index (χ3n) is 2.79. The molecular weight excluding hydrogens is 244 g/mol. The van der Waals surface area contributed by atoms with Crippen LogP contribution in [0.5, 0.6) is 17.2 Å². The maximum atomic E-state index is 5.59. The minimum absolute atomic E-state index is 0.137. The van der Waals surface area contributed by atoms with Gasteiger partial charge in [-0.3, -0.25) is 11.3 Å². The minimum atomic E-state index is -0.137. The zero-order valence-corrected chi connectivity index (χ0v) is 11.7. The highest BCUT2D eigenvalue weighted by atomic mass is 16.5. The van der Waals surface area contributed by atoms with E-state index in [4.69, 9.17) is 20.1 Å². The minimum Gasteiger partial charge on any atom is -0.493 e. The highest BCUT2D eigenvalue weighted by Crippen LogP contribution is 2.42. The third kappa shape index (κ3) is 3.31. The van der Waals surface area contributed by atoms with Gasteiger partial charge in [0.05, 0.1) is 27.4 Å². The van der Waals surface area contributed by atoms with Gasteiger partial charge in [0, 0.05) is 12.0 Å². The van der Waals surface area contributed by atoms with Crippen LogP contribution >= 0.6 is 0 Å². The Bertz CT molecular complexity index is 478. The summed E-state index contributed by atoms with van der Waals surface area (Å²) >= 11 is 0. The number of nitrogens with two attached hydrogens (primary N) is 1. The average Bonchev–Trinajstić information content (AvgIpc) is 2.46. The molecule has 0 aliphatic carbocycles. The number of benzene rings is 1. The van der Waals surface area contributed by atoms with Crippen LogP contribution in [0.3, 0.4) is 0 Å². The van der Waals surface area contributed by atoms with Crippen LogP contribution in [0.4, 0.5) is 0 Å². The van der Waals surface area contributed by atoms with Gasteiger partial charge in [-0.05, 0) is 19.1 Å². The number of nitrogens with one attached hydrogen (secondary N) is 1. The summed E-state index contributed by atoms with van der Waals surface area (Å²) in [7, 11) is 4.74. The maximum Gasteiger partial charge on any atom is 0.203 e. The van der Waals surface area contributed by atoms with Gasteiger partial charge in [0.25, 0.3) is 0 Å². The Morgan fingerprint density at radius 2 is 1.84 bits per heavy atom. The molecule has 0 fully saturated rings. The number of hydrazine groups is 1. The standard InChI is InChI=1S/C14H20N2O3/c1-5-6-7-11(16-15)10-8-9-12(17-2)14(19-4)13(10)18-3/h8-9,11,16H,7,15H2,1-4H3. The molecule has 1 rings (SSSR count). The van der Waals surface area contributed by atoms with Gasteiger partial charge in [0.15, 0.2) is 11.5 Å². The van der Waals surface area contributed by atoms with E-state index >= 15 is 0 Å². The summed E-state index contributed by atoms with van der Waals surface area (Å²) in [6, 6.07) is 3.57. The molecule has 19 heavy (non-hydrogen) atoms. The first-order valence-corrected chi connectivity index (χ1v) is 5.88. The van der Waals surface area contributed by atoms with Gasteiger partial charge in [0.2, 0.25) is 5.75 Å². The van der Waals surface area contributed by atoms with Crippen LogP contribution in [0.1, 0.15) is 24.9 Å². The first-order valence-electron chi connectivity index (χ1n) is 5.88. The molecule has 0 heterocycles. The zero-order valence-electron chi connectivity index (χ0n) is 11.7. The van der Waals surface area contributed by atoms with Gasteiger partial charge < -0.3 is 14.2 Å². The molecule has 0 aliphatic heterocycles. The largest absolute Gasteiger partial charge is 0.493 e. The molecule has 1 unspecified atom stereocenters. The second-order valence-corrected chi connectivity index (χ2v) is 3.77. The summed E-state index contributed by atoms with van der Waals surface area (Å²) in [5, 5.41) is 0. The van der Waals surface area contributed by atoms with Crippen molar-refractivity contribution in [3.8, 4) is 29.1 Å². The summed E-state index contributed by atoms with van der Waals surface area (Å²) in [6.07, 6.45) is 0.582. The number of hydrogen-bond acceptors (Lipinski definition) is 5. The summed E-state index contributed by atoms with van der Waals surface area (Å²) in [5.74, 6) is 13.2. The Labute approximate surface area is 114 Å². The smallest absolute Gasteiger partial charge is 0.203 e. The summed E-state index contributed by atoms with van der Waals surface area (Å²) < 4.78 is 16.0. The second kappa shape index (κ2) is 7.52. The lowest BCUT2D eigenvalue weighted by molar-refractivity contribution is 0.319. The lowest BCUT2D eigenvalue weighted by atomic mass is 10.0. The number of rotatable bonds is 6. The lowest BCUT2D eigenvalue weighted by Crippen LogP contribution is -2.28. The number of methoxy groups -OCH3 is 3. The van der Waals surface area contributed by atoms with Crippen molar-refractivity contribution in [3.05, 3.63) is 17.7 Å². The summed E-state index contributed by atoms with van der Waals surface area (Å²) in [6.45, 7) is 1.79. The van der Waals surface area contributed by atoms with Crippen LogP contribution < -0.4 is 25.5 Å². The van der Waals surface area contributed by atoms with Gasteiger partial charge in [-0.25, -0.2) is 0 Å².